The molecule has 2 heterocycles. The molecule has 24 heavy (non-hydrogen) atoms. The van der Waals surface area contributed by atoms with Crippen LogP contribution in [0.15, 0.2) is 48.9 Å². The number of anilines is 1. The van der Waals surface area contributed by atoms with Crippen LogP contribution in [0.3, 0.4) is 0 Å². The third kappa shape index (κ3) is 4.16. The Balaban J connectivity index is 1.44. The maximum Gasteiger partial charge on any atom is 0.243 e. The first-order valence-corrected chi connectivity index (χ1v) is 7.59. The normalized spacial score (nSPS) is 10.5. The van der Waals surface area contributed by atoms with E-state index in [9.17, 15) is 9.59 Å². The molecular formula is C17H17N5O2. The van der Waals surface area contributed by atoms with Gasteiger partial charge in [-0.05, 0) is 36.2 Å². The standard InChI is InChI=1S/C17H17N5O2/c23-16(6-3-12-2-1-7-18-9-12)19-11-17(24)21-14-5-4-13-10-20-22-15(13)8-14/h1-2,4-5,7-10H,3,6,11H2,(H,19,23)(H,20,22)(H,21,24). The number of amides is 2. The van der Waals surface area contributed by atoms with E-state index in [0.29, 0.717) is 18.5 Å². The van der Waals surface area contributed by atoms with E-state index in [2.05, 4.69) is 25.8 Å². The molecule has 0 aliphatic rings. The van der Waals surface area contributed by atoms with Gasteiger partial charge in [0.2, 0.25) is 11.8 Å². The number of H-pyrrole nitrogens is 1. The Labute approximate surface area is 138 Å². The largest absolute Gasteiger partial charge is 0.347 e. The number of rotatable bonds is 6. The van der Waals surface area contributed by atoms with Crippen molar-refractivity contribution in [3.63, 3.8) is 0 Å². The van der Waals surface area contributed by atoms with Crippen LogP contribution in [0.1, 0.15) is 12.0 Å². The Bertz CT molecular complexity index is 844. The molecule has 2 aromatic heterocycles. The number of fused-ring (bicyclic) bond motifs is 1. The second kappa shape index (κ2) is 7.36. The van der Waals surface area contributed by atoms with Crippen molar-refractivity contribution in [1.82, 2.24) is 20.5 Å². The van der Waals surface area contributed by atoms with Gasteiger partial charge in [-0.25, -0.2) is 0 Å². The van der Waals surface area contributed by atoms with E-state index in [1.165, 1.54) is 0 Å². The van der Waals surface area contributed by atoms with Gasteiger partial charge in [-0.1, -0.05) is 6.07 Å². The highest BCUT2D eigenvalue weighted by Gasteiger charge is 2.07. The monoisotopic (exact) mass is 323 g/mol. The Morgan fingerprint density at radius 3 is 2.88 bits per heavy atom. The number of aryl methyl sites for hydroxylation is 1. The quantitative estimate of drug-likeness (QED) is 0.642. The molecule has 122 valence electrons. The summed E-state index contributed by atoms with van der Waals surface area (Å²) in [5.41, 5.74) is 2.49. The van der Waals surface area contributed by atoms with Gasteiger partial charge in [-0.3, -0.25) is 19.7 Å². The predicted octanol–water partition coefficient (Wildman–Crippen LogP) is 1.65. The predicted molar refractivity (Wildman–Crippen MR) is 90.3 cm³/mol. The molecule has 1 aromatic carbocycles. The molecule has 0 atom stereocenters. The number of hydrogen-bond donors (Lipinski definition) is 3. The van der Waals surface area contributed by atoms with Gasteiger partial charge in [-0.15, -0.1) is 0 Å². The number of benzene rings is 1. The zero-order valence-electron chi connectivity index (χ0n) is 13.0. The number of aromatic nitrogens is 3. The lowest BCUT2D eigenvalue weighted by Crippen LogP contribution is -2.32. The van der Waals surface area contributed by atoms with Gasteiger partial charge < -0.3 is 10.6 Å². The molecule has 3 rings (SSSR count). The highest BCUT2D eigenvalue weighted by Crippen LogP contribution is 2.16. The van der Waals surface area contributed by atoms with Crippen molar-refractivity contribution < 1.29 is 9.59 Å². The molecule has 3 N–H and O–H groups in total. The minimum absolute atomic E-state index is 0.0626. The summed E-state index contributed by atoms with van der Waals surface area (Å²) in [4.78, 5) is 27.7. The van der Waals surface area contributed by atoms with Gasteiger partial charge in [0.05, 0.1) is 18.3 Å². The molecule has 0 spiro atoms. The Morgan fingerprint density at radius 1 is 1.12 bits per heavy atom. The number of pyridine rings is 1. The average molecular weight is 323 g/mol. The molecule has 3 aromatic rings. The average Bonchev–Trinajstić information content (AvgIpc) is 3.07. The van der Waals surface area contributed by atoms with Crippen molar-refractivity contribution in [2.75, 3.05) is 11.9 Å². The SMILES string of the molecule is O=C(CCc1cccnc1)NCC(=O)Nc1ccc2cn[nH]c2c1. The maximum atomic E-state index is 11.9. The summed E-state index contributed by atoms with van der Waals surface area (Å²) in [6.45, 7) is -0.0626. The summed E-state index contributed by atoms with van der Waals surface area (Å²) < 4.78 is 0. The van der Waals surface area contributed by atoms with Crippen LogP contribution in [0.25, 0.3) is 10.9 Å². The number of hydrogen-bond acceptors (Lipinski definition) is 4. The van der Waals surface area contributed by atoms with Crippen LogP contribution in [0, 0.1) is 0 Å². The summed E-state index contributed by atoms with van der Waals surface area (Å²) in [6, 6.07) is 9.20. The first-order valence-electron chi connectivity index (χ1n) is 7.59. The van der Waals surface area contributed by atoms with Gasteiger partial charge in [0.25, 0.3) is 0 Å². The molecule has 0 saturated heterocycles. The summed E-state index contributed by atoms with van der Waals surface area (Å²) >= 11 is 0. The highest BCUT2D eigenvalue weighted by atomic mass is 16.2. The van der Waals surface area contributed by atoms with E-state index in [0.717, 1.165) is 16.5 Å². The lowest BCUT2D eigenvalue weighted by Gasteiger charge is -2.07. The molecule has 0 unspecified atom stereocenters. The molecule has 7 nitrogen and oxygen atoms in total. The first-order chi connectivity index (χ1) is 11.7. The van der Waals surface area contributed by atoms with Gasteiger partial charge in [0, 0.05) is 29.9 Å². The van der Waals surface area contributed by atoms with Crippen molar-refractivity contribution >= 4 is 28.4 Å². The van der Waals surface area contributed by atoms with Crippen molar-refractivity contribution in [1.29, 1.82) is 0 Å². The molecule has 0 radical (unpaired) electrons. The van der Waals surface area contributed by atoms with Crippen LogP contribution in [0.4, 0.5) is 5.69 Å². The third-order valence-electron chi connectivity index (χ3n) is 3.54. The van der Waals surface area contributed by atoms with E-state index < -0.39 is 0 Å². The first kappa shape index (κ1) is 15.7. The number of carbonyl (C=O) groups excluding carboxylic acids is 2. The molecule has 2 amide bonds. The maximum absolute atomic E-state index is 11.9. The fourth-order valence-corrected chi connectivity index (χ4v) is 2.29. The van der Waals surface area contributed by atoms with Crippen LogP contribution in [-0.2, 0) is 16.0 Å². The van der Waals surface area contributed by atoms with Gasteiger partial charge in [0.15, 0.2) is 0 Å². The molecule has 0 aliphatic carbocycles. The minimum Gasteiger partial charge on any atom is -0.347 e. The minimum atomic E-state index is -0.274. The number of nitrogens with one attached hydrogen (secondary N) is 3. The zero-order chi connectivity index (χ0) is 16.8. The molecule has 0 saturated carbocycles. The second-order valence-corrected chi connectivity index (χ2v) is 5.36. The van der Waals surface area contributed by atoms with E-state index >= 15 is 0 Å². The van der Waals surface area contributed by atoms with Crippen LogP contribution in [0.5, 0.6) is 0 Å². The number of aromatic amines is 1. The molecule has 7 heteroatoms. The van der Waals surface area contributed by atoms with Crippen LogP contribution >= 0.6 is 0 Å². The molecular weight excluding hydrogens is 306 g/mol. The highest BCUT2D eigenvalue weighted by molar-refractivity contribution is 5.96. The van der Waals surface area contributed by atoms with Crippen LogP contribution in [0.2, 0.25) is 0 Å². The van der Waals surface area contributed by atoms with Gasteiger partial charge in [-0.2, -0.15) is 5.10 Å². The summed E-state index contributed by atoms with van der Waals surface area (Å²) in [5, 5.41) is 13.1. The van der Waals surface area contributed by atoms with Crippen molar-refractivity contribution in [2.24, 2.45) is 0 Å². The Kier molecular flexibility index (Phi) is 4.81. The van der Waals surface area contributed by atoms with E-state index in [-0.39, 0.29) is 18.4 Å². The molecule has 0 aliphatic heterocycles. The van der Waals surface area contributed by atoms with Crippen LogP contribution in [-0.4, -0.2) is 33.5 Å². The van der Waals surface area contributed by atoms with Crippen molar-refractivity contribution in [2.45, 2.75) is 12.8 Å². The number of carbonyl (C=O) groups is 2. The Morgan fingerprint density at radius 2 is 2.04 bits per heavy atom. The lowest BCUT2D eigenvalue weighted by atomic mass is 10.1. The summed E-state index contributed by atoms with van der Waals surface area (Å²) in [7, 11) is 0. The summed E-state index contributed by atoms with van der Waals surface area (Å²) in [6.07, 6.45) is 6.04. The smallest absolute Gasteiger partial charge is 0.243 e. The van der Waals surface area contributed by atoms with E-state index in [4.69, 9.17) is 0 Å². The topological polar surface area (TPSA) is 99.8 Å². The third-order valence-corrected chi connectivity index (χ3v) is 3.54. The second-order valence-electron chi connectivity index (χ2n) is 5.36. The fourth-order valence-electron chi connectivity index (χ4n) is 2.29. The Hall–Kier alpha value is -3.22. The van der Waals surface area contributed by atoms with E-state index in [1.54, 1.807) is 30.7 Å². The van der Waals surface area contributed by atoms with Crippen LogP contribution < -0.4 is 10.6 Å². The lowest BCUT2D eigenvalue weighted by molar-refractivity contribution is -0.124. The van der Waals surface area contributed by atoms with Crippen molar-refractivity contribution in [3.8, 4) is 0 Å². The van der Waals surface area contributed by atoms with Gasteiger partial charge >= 0.3 is 0 Å². The van der Waals surface area contributed by atoms with E-state index in [1.807, 2.05) is 18.2 Å². The molecule has 0 bridgehead atoms. The zero-order valence-corrected chi connectivity index (χ0v) is 13.0. The summed E-state index contributed by atoms with van der Waals surface area (Å²) in [5.74, 6) is -0.443. The fraction of sp³-hybridized carbons (Fsp3) is 0.176. The molecule has 0 fully saturated rings. The van der Waals surface area contributed by atoms with Gasteiger partial charge in [0.1, 0.15) is 0 Å². The van der Waals surface area contributed by atoms with Crippen molar-refractivity contribution in [3.05, 3.63) is 54.5 Å². The number of nitrogens with zero attached hydrogens (tertiary/aromatic N) is 2.